The summed E-state index contributed by atoms with van der Waals surface area (Å²) < 4.78 is 39.0. The van der Waals surface area contributed by atoms with Crippen LogP contribution in [0.4, 0.5) is 4.39 Å². The van der Waals surface area contributed by atoms with Gasteiger partial charge in [-0.3, -0.25) is 4.18 Å². The third-order valence-electron chi connectivity index (χ3n) is 3.23. The Labute approximate surface area is 117 Å². The van der Waals surface area contributed by atoms with Crippen molar-refractivity contribution < 1.29 is 17.3 Å². The van der Waals surface area contributed by atoms with E-state index in [-0.39, 0.29) is 5.56 Å². The van der Waals surface area contributed by atoms with Gasteiger partial charge in [0.15, 0.2) is 0 Å². The van der Waals surface area contributed by atoms with Crippen molar-refractivity contribution in [1.82, 2.24) is 0 Å². The van der Waals surface area contributed by atoms with Gasteiger partial charge in [0, 0.05) is 5.56 Å². The van der Waals surface area contributed by atoms with Crippen molar-refractivity contribution in [3.05, 3.63) is 60.2 Å². The van der Waals surface area contributed by atoms with Crippen LogP contribution >= 0.6 is 0 Å². The largest absolute Gasteiger partial charge is 0.750 e. The van der Waals surface area contributed by atoms with E-state index >= 15 is 0 Å². The van der Waals surface area contributed by atoms with E-state index in [1.807, 2.05) is 36.4 Å². The summed E-state index contributed by atoms with van der Waals surface area (Å²) in [4.78, 5) is 0. The summed E-state index contributed by atoms with van der Waals surface area (Å²) >= 11 is -2.89. The zero-order valence-electron chi connectivity index (χ0n) is 10.3. The van der Waals surface area contributed by atoms with E-state index in [9.17, 15) is 13.2 Å². The van der Waals surface area contributed by atoms with E-state index in [1.54, 1.807) is 12.1 Å². The van der Waals surface area contributed by atoms with E-state index in [2.05, 4.69) is 4.18 Å². The number of fused-ring (bicyclic) bond motifs is 3. The molecular formula is C15H10FO3S-. The van der Waals surface area contributed by atoms with Gasteiger partial charge in [0.1, 0.15) is 0 Å². The standard InChI is InChI=1S/C15H11FO3S/c16-15(19-20(17)18)14-7-3-6-12-11-5-2-1-4-10(11)8-9-13(12)14/h1-9,15H,(H,17,18)/p-1. The average molecular weight is 289 g/mol. The van der Waals surface area contributed by atoms with Crippen LogP contribution in [0.3, 0.4) is 0 Å². The molecule has 0 aliphatic carbocycles. The molecule has 3 rings (SSSR count). The minimum atomic E-state index is -2.89. The van der Waals surface area contributed by atoms with Gasteiger partial charge in [-0.25, -0.2) is 8.60 Å². The summed E-state index contributed by atoms with van der Waals surface area (Å²) in [7, 11) is 0. The van der Waals surface area contributed by atoms with Crippen molar-refractivity contribution in [2.75, 3.05) is 0 Å². The zero-order chi connectivity index (χ0) is 14.1. The van der Waals surface area contributed by atoms with Gasteiger partial charge < -0.3 is 4.55 Å². The van der Waals surface area contributed by atoms with Crippen LogP contribution in [-0.2, 0) is 15.5 Å². The third kappa shape index (κ3) is 2.31. The number of halogens is 1. The summed E-state index contributed by atoms with van der Waals surface area (Å²) in [5, 5.41) is 3.54. The fourth-order valence-electron chi connectivity index (χ4n) is 2.38. The lowest BCUT2D eigenvalue weighted by molar-refractivity contribution is 0.0724. The highest BCUT2D eigenvalue weighted by Crippen LogP contribution is 2.32. The van der Waals surface area contributed by atoms with Gasteiger partial charge in [0.05, 0.1) is 11.4 Å². The van der Waals surface area contributed by atoms with Gasteiger partial charge in [-0.1, -0.05) is 54.6 Å². The lowest BCUT2D eigenvalue weighted by atomic mass is 9.98. The SMILES string of the molecule is O=S([O-])OC(F)c1cccc2c1ccc1ccccc12. The Kier molecular flexibility index (Phi) is 3.48. The highest BCUT2D eigenvalue weighted by Gasteiger charge is 2.15. The van der Waals surface area contributed by atoms with Crippen molar-refractivity contribution in [1.29, 1.82) is 0 Å². The molecule has 0 amide bonds. The maximum atomic E-state index is 13.9. The van der Waals surface area contributed by atoms with Gasteiger partial charge >= 0.3 is 0 Å². The monoisotopic (exact) mass is 289 g/mol. The second-order valence-electron chi connectivity index (χ2n) is 4.35. The van der Waals surface area contributed by atoms with E-state index in [0.717, 1.165) is 16.2 Å². The van der Waals surface area contributed by atoms with E-state index in [0.29, 0.717) is 5.39 Å². The number of benzene rings is 3. The molecule has 3 aromatic carbocycles. The van der Waals surface area contributed by atoms with Crippen molar-refractivity contribution in [3.63, 3.8) is 0 Å². The van der Waals surface area contributed by atoms with Crippen LogP contribution < -0.4 is 0 Å². The average Bonchev–Trinajstić information content (AvgIpc) is 2.45. The smallest absolute Gasteiger partial charge is 0.239 e. The molecule has 2 unspecified atom stereocenters. The first-order valence-electron chi connectivity index (χ1n) is 5.97. The fourth-order valence-corrected chi connectivity index (χ4v) is 2.63. The first kappa shape index (κ1) is 13.2. The van der Waals surface area contributed by atoms with Gasteiger partial charge in [-0.05, 0) is 21.5 Å². The molecule has 3 nitrogen and oxygen atoms in total. The van der Waals surface area contributed by atoms with Crippen LogP contribution in [0.5, 0.6) is 0 Å². The lowest BCUT2D eigenvalue weighted by Gasteiger charge is -2.14. The molecule has 0 aliphatic rings. The summed E-state index contributed by atoms with van der Waals surface area (Å²) in [6.45, 7) is 0. The first-order valence-corrected chi connectivity index (χ1v) is 6.97. The normalized spacial score (nSPS) is 14.5. The van der Waals surface area contributed by atoms with E-state index < -0.39 is 17.7 Å². The lowest BCUT2D eigenvalue weighted by Crippen LogP contribution is -2.01. The molecule has 0 spiro atoms. The molecule has 0 radical (unpaired) electrons. The molecule has 0 heterocycles. The summed E-state index contributed by atoms with van der Waals surface area (Å²) in [5.41, 5.74) is 0.206. The Morgan fingerprint density at radius 3 is 2.50 bits per heavy atom. The highest BCUT2D eigenvalue weighted by molar-refractivity contribution is 7.74. The molecule has 20 heavy (non-hydrogen) atoms. The van der Waals surface area contributed by atoms with Gasteiger partial charge in [-0.2, -0.15) is 0 Å². The topological polar surface area (TPSA) is 49.4 Å². The minimum Gasteiger partial charge on any atom is -0.750 e. The van der Waals surface area contributed by atoms with Crippen molar-refractivity contribution >= 4 is 32.9 Å². The van der Waals surface area contributed by atoms with Crippen LogP contribution in [0.15, 0.2) is 54.6 Å². The Morgan fingerprint density at radius 1 is 0.950 bits per heavy atom. The van der Waals surface area contributed by atoms with Gasteiger partial charge in [0.2, 0.25) is 6.36 Å². The predicted molar refractivity (Wildman–Crippen MR) is 75.3 cm³/mol. The van der Waals surface area contributed by atoms with Crippen molar-refractivity contribution in [2.45, 2.75) is 6.36 Å². The Morgan fingerprint density at radius 2 is 1.70 bits per heavy atom. The Bertz CT molecular complexity index is 803. The molecule has 0 N–H and O–H groups in total. The fraction of sp³-hybridized carbons (Fsp3) is 0.0667. The van der Waals surface area contributed by atoms with Crippen LogP contribution in [0.2, 0.25) is 0 Å². The molecule has 0 aromatic heterocycles. The number of alkyl halides is 1. The van der Waals surface area contributed by atoms with Crippen LogP contribution in [-0.4, -0.2) is 8.76 Å². The van der Waals surface area contributed by atoms with Crippen molar-refractivity contribution in [2.24, 2.45) is 0 Å². The van der Waals surface area contributed by atoms with Gasteiger partial charge in [-0.15, -0.1) is 0 Å². The summed E-state index contributed by atoms with van der Waals surface area (Å²) in [6.07, 6.45) is -2.00. The Hall–Kier alpha value is -1.82. The van der Waals surface area contributed by atoms with Crippen LogP contribution in [0.1, 0.15) is 11.9 Å². The molecular weight excluding hydrogens is 279 g/mol. The molecule has 0 saturated heterocycles. The summed E-state index contributed by atoms with van der Waals surface area (Å²) in [6, 6.07) is 16.5. The Balaban J connectivity index is 2.25. The quantitative estimate of drug-likeness (QED) is 0.544. The maximum absolute atomic E-state index is 13.9. The van der Waals surface area contributed by atoms with Crippen molar-refractivity contribution in [3.8, 4) is 0 Å². The molecule has 102 valence electrons. The predicted octanol–water partition coefficient (Wildman–Crippen LogP) is 3.77. The minimum absolute atomic E-state index is 0.206. The zero-order valence-corrected chi connectivity index (χ0v) is 11.1. The third-order valence-corrected chi connectivity index (χ3v) is 3.55. The molecule has 3 aromatic rings. The molecule has 5 heteroatoms. The second kappa shape index (κ2) is 5.28. The molecule has 0 aliphatic heterocycles. The van der Waals surface area contributed by atoms with E-state index in [1.165, 1.54) is 6.07 Å². The molecule has 0 saturated carbocycles. The summed E-state index contributed by atoms with van der Waals surface area (Å²) in [5.74, 6) is 0. The van der Waals surface area contributed by atoms with E-state index in [4.69, 9.17) is 0 Å². The van der Waals surface area contributed by atoms with Crippen LogP contribution in [0.25, 0.3) is 21.5 Å². The number of rotatable bonds is 3. The maximum Gasteiger partial charge on any atom is 0.239 e. The van der Waals surface area contributed by atoms with Gasteiger partial charge in [0.25, 0.3) is 0 Å². The molecule has 0 bridgehead atoms. The second-order valence-corrected chi connectivity index (χ2v) is 4.95. The number of hydrogen-bond acceptors (Lipinski definition) is 3. The van der Waals surface area contributed by atoms with Crippen LogP contribution in [0, 0.1) is 0 Å². The molecule has 2 atom stereocenters. The molecule has 0 fully saturated rings. The first-order chi connectivity index (χ1) is 9.66. The highest BCUT2D eigenvalue weighted by atomic mass is 32.2. The number of hydrogen-bond donors (Lipinski definition) is 0.